The normalized spacial score (nSPS) is 10.3. The van der Waals surface area contributed by atoms with Gasteiger partial charge in [0.25, 0.3) is 5.91 Å². The molecule has 2 aromatic rings. The second kappa shape index (κ2) is 8.89. The van der Waals surface area contributed by atoms with Crippen molar-refractivity contribution < 1.29 is 23.8 Å². The smallest absolute Gasteiger partial charge is 0.338 e. The zero-order valence-corrected chi connectivity index (χ0v) is 15.4. The van der Waals surface area contributed by atoms with Crippen LogP contribution < -0.4 is 14.8 Å². The Labute approximate surface area is 152 Å². The lowest BCUT2D eigenvalue weighted by atomic mass is 10.2. The van der Waals surface area contributed by atoms with Crippen LogP contribution in [0.1, 0.15) is 29.9 Å². The number of benzene rings is 1. The maximum atomic E-state index is 12.2. The Morgan fingerprint density at radius 3 is 2.42 bits per heavy atom. The molecule has 0 saturated carbocycles. The summed E-state index contributed by atoms with van der Waals surface area (Å²) < 4.78 is 17.5. The van der Waals surface area contributed by atoms with Crippen molar-refractivity contribution in [3.05, 3.63) is 35.5 Å². The molecular formula is C18H23N3O5. The van der Waals surface area contributed by atoms with E-state index in [9.17, 15) is 9.59 Å². The number of aromatic nitrogens is 2. The van der Waals surface area contributed by atoms with Crippen LogP contribution in [0, 0.1) is 6.92 Å². The number of ether oxygens (including phenoxy) is 3. The van der Waals surface area contributed by atoms with Crippen molar-refractivity contribution in [1.82, 2.24) is 9.78 Å². The van der Waals surface area contributed by atoms with Gasteiger partial charge in [-0.3, -0.25) is 9.48 Å². The van der Waals surface area contributed by atoms with Gasteiger partial charge in [0.2, 0.25) is 0 Å². The first kappa shape index (κ1) is 19.3. The van der Waals surface area contributed by atoms with Gasteiger partial charge in [0, 0.05) is 13.1 Å². The Hall–Kier alpha value is -3.03. The van der Waals surface area contributed by atoms with Gasteiger partial charge in [-0.25, -0.2) is 4.79 Å². The van der Waals surface area contributed by atoms with Crippen LogP contribution >= 0.6 is 0 Å². The van der Waals surface area contributed by atoms with Gasteiger partial charge in [0.15, 0.2) is 18.1 Å². The van der Waals surface area contributed by atoms with E-state index in [0.717, 1.165) is 5.69 Å². The molecule has 1 N–H and O–H groups in total. The highest BCUT2D eigenvalue weighted by Gasteiger charge is 2.15. The van der Waals surface area contributed by atoms with Crippen molar-refractivity contribution in [3.63, 3.8) is 0 Å². The molecule has 0 aliphatic carbocycles. The lowest BCUT2D eigenvalue weighted by Gasteiger charge is -2.12. The summed E-state index contributed by atoms with van der Waals surface area (Å²) in [6, 6.07) is 6.47. The monoisotopic (exact) mass is 361 g/mol. The second-order valence-electron chi connectivity index (χ2n) is 5.45. The van der Waals surface area contributed by atoms with Gasteiger partial charge in [0.05, 0.1) is 24.5 Å². The summed E-state index contributed by atoms with van der Waals surface area (Å²) in [6.07, 6.45) is 0. The van der Waals surface area contributed by atoms with Crippen LogP contribution in [0.15, 0.2) is 24.3 Å². The fraction of sp³-hybridized carbons (Fsp3) is 0.389. The highest BCUT2D eigenvalue weighted by atomic mass is 16.5. The molecule has 8 heteroatoms. The lowest BCUT2D eigenvalue weighted by Crippen LogP contribution is -2.22. The molecule has 1 heterocycles. The fourth-order valence-corrected chi connectivity index (χ4v) is 2.30. The van der Waals surface area contributed by atoms with Crippen molar-refractivity contribution in [2.24, 2.45) is 7.05 Å². The number of rotatable bonds is 8. The van der Waals surface area contributed by atoms with Gasteiger partial charge in [0.1, 0.15) is 5.82 Å². The Bertz CT molecular complexity index is 785. The molecule has 8 nitrogen and oxygen atoms in total. The van der Waals surface area contributed by atoms with Crippen LogP contribution in [0.4, 0.5) is 5.82 Å². The molecule has 0 aliphatic heterocycles. The van der Waals surface area contributed by atoms with Gasteiger partial charge >= 0.3 is 5.97 Å². The van der Waals surface area contributed by atoms with E-state index < -0.39 is 18.5 Å². The molecule has 0 radical (unpaired) electrons. The summed E-state index contributed by atoms with van der Waals surface area (Å²) in [5, 5.41) is 6.76. The molecule has 2 rings (SSSR count). The van der Waals surface area contributed by atoms with Crippen LogP contribution in [-0.4, -0.2) is 41.5 Å². The molecule has 1 amide bonds. The minimum Gasteiger partial charge on any atom is -0.490 e. The lowest BCUT2D eigenvalue weighted by molar-refractivity contribution is -0.119. The van der Waals surface area contributed by atoms with Gasteiger partial charge in [-0.1, -0.05) is 0 Å². The molecule has 0 atom stereocenters. The zero-order valence-electron chi connectivity index (χ0n) is 15.4. The molecule has 0 fully saturated rings. The average Bonchev–Trinajstić information content (AvgIpc) is 2.91. The molecule has 0 bridgehead atoms. The molecule has 1 aromatic carbocycles. The fourth-order valence-electron chi connectivity index (χ4n) is 2.30. The number of hydrogen-bond acceptors (Lipinski definition) is 6. The van der Waals surface area contributed by atoms with Crippen molar-refractivity contribution in [1.29, 1.82) is 0 Å². The van der Waals surface area contributed by atoms with E-state index >= 15 is 0 Å². The predicted molar refractivity (Wildman–Crippen MR) is 95.6 cm³/mol. The summed E-state index contributed by atoms with van der Waals surface area (Å²) in [6.45, 7) is 6.03. The number of carbonyl (C=O) groups excluding carboxylic acids is 2. The second-order valence-corrected chi connectivity index (χ2v) is 5.45. The van der Waals surface area contributed by atoms with Gasteiger partial charge in [-0.05, 0) is 39.0 Å². The molecule has 26 heavy (non-hydrogen) atoms. The first-order valence-electron chi connectivity index (χ1n) is 8.31. The topological polar surface area (TPSA) is 91.7 Å². The largest absolute Gasteiger partial charge is 0.490 e. The molecule has 0 aliphatic rings. The molecular weight excluding hydrogens is 338 g/mol. The zero-order chi connectivity index (χ0) is 19.1. The van der Waals surface area contributed by atoms with E-state index in [4.69, 9.17) is 14.2 Å². The van der Waals surface area contributed by atoms with Crippen molar-refractivity contribution >= 4 is 17.7 Å². The Morgan fingerprint density at radius 1 is 1.12 bits per heavy atom. The van der Waals surface area contributed by atoms with Crippen LogP contribution in [-0.2, 0) is 16.6 Å². The number of amides is 1. The Morgan fingerprint density at radius 2 is 1.81 bits per heavy atom. The van der Waals surface area contributed by atoms with E-state index in [1.54, 1.807) is 31.3 Å². The predicted octanol–water partition coefficient (Wildman–Crippen LogP) is 2.32. The SMILES string of the molecule is CCOc1ccc(C(=O)OCC(=O)Nc2cc(C)nn2C)cc1OCC. The summed E-state index contributed by atoms with van der Waals surface area (Å²) in [7, 11) is 1.71. The van der Waals surface area contributed by atoms with Gasteiger partial charge in [-0.2, -0.15) is 5.10 Å². The standard InChI is InChI=1S/C18H23N3O5/c1-5-24-14-8-7-13(10-15(14)25-6-2)18(23)26-11-17(22)19-16-9-12(3)20-21(16)4/h7-10H,5-6,11H2,1-4H3,(H,19,22). The number of nitrogens with one attached hydrogen (secondary N) is 1. The highest BCUT2D eigenvalue weighted by Crippen LogP contribution is 2.28. The number of nitrogens with zero attached hydrogens (tertiary/aromatic N) is 2. The van der Waals surface area contributed by atoms with Crippen LogP contribution in [0.3, 0.4) is 0 Å². The van der Waals surface area contributed by atoms with Crippen LogP contribution in [0.2, 0.25) is 0 Å². The third kappa shape index (κ3) is 4.98. The van der Waals surface area contributed by atoms with Crippen LogP contribution in [0.25, 0.3) is 0 Å². The third-order valence-electron chi connectivity index (χ3n) is 3.38. The Kier molecular flexibility index (Phi) is 6.60. The maximum absolute atomic E-state index is 12.2. The number of esters is 1. The van der Waals surface area contributed by atoms with E-state index in [1.165, 1.54) is 4.68 Å². The van der Waals surface area contributed by atoms with Gasteiger partial charge in [-0.15, -0.1) is 0 Å². The Balaban J connectivity index is 1.97. The first-order chi connectivity index (χ1) is 12.4. The van der Waals surface area contributed by atoms with Crippen LogP contribution in [0.5, 0.6) is 11.5 Å². The third-order valence-corrected chi connectivity index (χ3v) is 3.38. The first-order valence-corrected chi connectivity index (χ1v) is 8.31. The van der Waals surface area contributed by atoms with E-state index in [1.807, 2.05) is 20.8 Å². The number of carbonyl (C=O) groups is 2. The molecule has 140 valence electrons. The average molecular weight is 361 g/mol. The van der Waals surface area contributed by atoms with Crippen molar-refractivity contribution in [2.45, 2.75) is 20.8 Å². The minimum absolute atomic E-state index is 0.279. The van der Waals surface area contributed by atoms with E-state index in [2.05, 4.69) is 10.4 Å². The number of hydrogen-bond donors (Lipinski definition) is 1. The van der Waals surface area contributed by atoms with Gasteiger partial charge < -0.3 is 19.5 Å². The summed E-state index contributed by atoms with van der Waals surface area (Å²) >= 11 is 0. The summed E-state index contributed by atoms with van der Waals surface area (Å²) in [4.78, 5) is 24.1. The molecule has 0 spiro atoms. The summed E-state index contributed by atoms with van der Waals surface area (Å²) in [5.74, 6) is 0.472. The highest BCUT2D eigenvalue weighted by molar-refractivity contribution is 5.95. The summed E-state index contributed by atoms with van der Waals surface area (Å²) in [5.41, 5.74) is 1.05. The number of anilines is 1. The van der Waals surface area contributed by atoms with Crippen molar-refractivity contribution in [3.8, 4) is 11.5 Å². The van der Waals surface area contributed by atoms with E-state index in [-0.39, 0.29) is 5.56 Å². The molecule has 0 saturated heterocycles. The minimum atomic E-state index is -0.620. The maximum Gasteiger partial charge on any atom is 0.338 e. The quantitative estimate of drug-likeness (QED) is 0.726. The van der Waals surface area contributed by atoms with Crippen molar-refractivity contribution in [2.75, 3.05) is 25.1 Å². The van der Waals surface area contributed by atoms with E-state index in [0.29, 0.717) is 30.5 Å². The molecule has 0 unspecified atom stereocenters. The molecule has 1 aromatic heterocycles. The number of aryl methyl sites for hydroxylation is 2.